The highest BCUT2D eigenvalue weighted by Gasteiger charge is 2.31. The van der Waals surface area contributed by atoms with Crippen LogP contribution in [-0.2, 0) is 22.8 Å². The van der Waals surface area contributed by atoms with Crippen LogP contribution < -0.4 is 14.4 Å². The van der Waals surface area contributed by atoms with Crippen molar-refractivity contribution in [3.63, 3.8) is 0 Å². The van der Waals surface area contributed by atoms with Crippen LogP contribution in [0.25, 0.3) is 0 Å². The number of aryl methyl sites for hydroxylation is 2. The van der Waals surface area contributed by atoms with Crippen LogP contribution in [-0.4, -0.2) is 41.9 Å². The molecule has 0 saturated heterocycles. The first kappa shape index (κ1) is 25.0. The number of alkyl halides is 3. The summed E-state index contributed by atoms with van der Waals surface area (Å²) in [6.07, 6.45) is -3.96. The molecule has 3 aromatic rings. The van der Waals surface area contributed by atoms with Gasteiger partial charge < -0.3 is 14.7 Å². The predicted molar refractivity (Wildman–Crippen MR) is 129 cm³/mol. The summed E-state index contributed by atoms with van der Waals surface area (Å²) in [5, 5.41) is 10.9. The van der Waals surface area contributed by atoms with E-state index in [-0.39, 0.29) is 18.0 Å². The number of anilines is 2. The lowest BCUT2D eigenvalue weighted by Crippen LogP contribution is -2.38. The van der Waals surface area contributed by atoms with Crippen LogP contribution in [0.4, 0.5) is 24.5 Å². The number of fused-ring (bicyclic) bond motifs is 2. The zero-order chi connectivity index (χ0) is 25.1. The van der Waals surface area contributed by atoms with Gasteiger partial charge in [-0.3, -0.25) is 0 Å². The van der Waals surface area contributed by atoms with Crippen molar-refractivity contribution in [1.82, 2.24) is 4.72 Å². The van der Waals surface area contributed by atoms with Crippen molar-refractivity contribution in [2.75, 3.05) is 25.0 Å². The van der Waals surface area contributed by atoms with E-state index in [4.69, 9.17) is 0 Å². The molecule has 2 N–H and O–H groups in total. The first-order chi connectivity index (χ1) is 16.7. The topological polar surface area (TPSA) is 74.2 Å². The van der Waals surface area contributed by atoms with E-state index in [1.54, 1.807) is 0 Å². The standard InChI is InChI=1S/C25H26F3N3O3S/c1-29-35(33,22-14-12-21(13-15-22)34-25(26,27)28)30-16-20(32)17-31-23-8-4-2-6-18(23)10-11-19-7-3-5-9-24(19)31/h2-9,12-15,20,32H,10-11,16-17H2,1H3,(H,29,30,33)/t20-,35-/m0/s1. The summed E-state index contributed by atoms with van der Waals surface area (Å²) in [6.45, 7) is 0.205. The van der Waals surface area contributed by atoms with Crippen molar-refractivity contribution < 1.29 is 27.2 Å². The lowest BCUT2D eigenvalue weighted by atomic mass is 10.0. The second kappa shape index (κ2) is 10.3. The van der Waals surface area contributed by atoms with Gasteiger partial charge in [-0.1, -0.05) is 36.4 Å². The van der Waals surface area contributed by atoms with E-state index in [1.807, 2.05) is 36.4 Å². The third-order valence-corrected chi connectivity index (χ3v) is 7.75. The van der Waals surface area contributed by atoms with Gasteiger partial charge in [0.1, 0.15) is 15.7 Å². The third-order valence-electron chi connectivity index (χ3n) is 5.77. The molecule has 0 aromatic heterocycles. The number of benzene rings is 3. The monoisotopic (exact) mass is 505 g/mol. The molecule has 1 heterocycles. The average Bonchev–Trinajstić information content (AvgIpc) is 2.99. The zero-order valence-corrected chi connectivity index (χ0v) is 19.9. The maximum atomic E-state index is 13.3. The number of halogens is 3. The SMILES string of the molecule is CN=[S@](=O)(NC[C@H](O)CN1c2ccccc2CCc2ccccc21)c1ccc(OC(F)(F)F)cc1. The molecule has 0 spiro atoms. The van der Waals surface area contributed by atoms with Gasteiger partial charge in [0.05, 0.1) is 17.5 Å². The number of ether oxygens (including phenoxy) is 1. The first-order valence-corrected chi connectivity index (χ1v) is 12.6. The highest BCUT2D eigenvalue weighted by Crippen LogP contribution is 2.36. The number of para-hydroxylation sites is 2. The van der Waals surface area contributed by atoms with E-state index >= 15 is 0 Å². The second-order valence-electron chi connectivity index (χ2n) is 8.10. The van der Waals surface area contributed by atoms with Crippen molar-refractivity contribution >= 4 is 21.3 Å². The molecule has 0 saturated carbocycles. The molecule has 10 heteroatoms. The summed E-state index contributed by atoms with van der Waals surface area (Å²) in [5.74, 6) is -0.419. The molecule has 1 aliphatic rings. The Labute approximate surface area is 202 Å². The summed E-state index contributed by atoms with van der Waals surface area (Å²) >= 11 is 0. The smallest absolute Gasteiger partial charge is 0.406 e. The Balaban J connectivity index is 1.50. The molecular weight excluding hydrogens is 479 g/mol. The van der Waals surface area contributed by atoms with E-state index in [2.05, 4.69) is 30.9 Å². The summed E-state index contributed by atoms with van der Waals surface area (Å²) in [4.78, 5) is 2.25. The van der Waals surface area contributed by atoms with Crippen LogP contribution >= 0.6 is 0 Å². The van der Waals surface area contributed by atoms with E-state index in [0.717, 1.165) is 36.3 Å². The number of hydrogen-bond donors (Lipinski definition) is 2. The molecule has 186 valence electrons. The summed E-state index contributed by atoms with van der Waals surface area (Å²) in [7, 11) is -1.82. The largest absolute Gasteiger partial charge is 0.573 e. The van der Waals surface area contributed by atoms with Crippen LogP contribution in [0.1, 0.15) is 11.1 Å². The number of rotatable bonds is 7. The molecule has 0 aliphatic carbocycles. The Hall–Kier alpha value is -3.08. The number of β-amino-alcohol motifs (C(OH)–C–C–N with tert-alkyl or cyclic N) is 1. The highest BCUT2D eigenvalue weighted by molar-refractivity contribution is 7.91. The summed E-state index contributed by atoms with van der Waals surface area (Å²) in [5.41, 5.74) is 4.38. The van der Waals surface area contributed by atoms with E-state index in [0.29, 0.717) is 0 Å². The number of aliphatic hydroxyl groups excluding tert-OH is 1. The first-order valence-electron chi connectivity index (χ1n) is 11.1. The van der Waals surface area contributed by atoms with E-state index < -0.39 is 28.1 Å². The third kappa shape index (κ3) is 5.95. The minimum absolute atomic E-state index is 0.0438. The van der Waals surface area contributed by atoms with Crippen molar-refractivity contribution in [3.05, 3.63) is 83.9 Å². The number of nitrogens with zero attached hydrogens (tertiary/aromatic N) is 2. The van der Waals surface area contributed by atoms with E-state index in [1.165, 1.54) is 30.3 Å². The number of nitrogens with one attached hydrogen (secondary N) is 1. The van der Waals surface area contributed by atoms with Gasteiger partial charge in [-0.25, -0.2) is 13.3 Å². The molecule has 0 unspecified atom stereocenters. The van der Waals surface area contributed by atoms with Crippen LogP contribution in [0, 0.1) is 0 Å². The van der Waals surface area contributed by atoms with Gasteiger partial charge in [-0.15, -0.1) is 13.2 Å². The van der Waals surface area contributed by atoms with Gasteiger partial charge in [-0.05, 0) is 60.4 Å². The summed E-state index contributed by atoms with van der Waals surface area (Å²) in [6, 6.07) is 20.8. The lowest BCUT2D eigenvalue weighted by molar-refractivity contribution is -0.274. The minimum atomic E-state index is -4.81. The molecule has 4 rings (SSSR count). The fraction of sp³-hybridized carbons (Fsp3) is 0.280. The van der Waals surface area contributed by atoms with Crippen molar-refractivity contribution in [2.45, 2.75) is 30.2 Å². The molecule has 0 amide bonds. The maximum Gasteiger partial charge on any atom is 0.573 e. The molecule has 0 radical (unpaired) electrons. The van der Waals surface area contributed by atoms with E-state index in [9.17, 15) is 22.5 Å². The van der Waals surface area contributed by atoms with Gasteiger partial charge in [0.2, 0.25) is 0 Å². The van der Waals surface area contributed by atoms with Crippen molar-refractivity contribution in [3.8, 4) is 5.75 Å². The van der Waals surface area contributed by atoms with Crippen molar-refractivity contribution in [2.24, 2.45) is 4.36 Å². The quantitative estimate of drug-likeness (QED) is 0.482. The Kier molecular flexibility index (Phi) is 7.34. The molecule has 0 bridgehead atoms. The second-order valence-corrected chi connectivity index (χ2v) is 10.3. The Bertz CT molecular complexity index is 1240. The molecule has 3 aromatic carbocycles. The van der Waals surface area contributed by atoms with Crippen molar-refractivity contribution in [1.29, 1.82) is 0 Å². The number of hydrogen-bond acceptors (Lipinski definition) is 5. The maximum absolute atomic E-state index is 13.3. The zero-order valence-electron chi connectivity index (χ0n) is 19.0. The molecule has 1 aliphatic heterocycles. The van der Waals surface area contributed by atoms with Crippen LogP contribution in [0.3, 0.4) is 0 Å². The molecular formula is C25H26F3N3O3S. The molecule has 35 heavy (non-hydrogen) atoms. The van der Waals surface area contributed by atoms with Crippen LogP contribution in [0.5, 0.6) is 5.75 Å². The van der Waals surface area contributed by atoms with Gasteiger partial charge in [0.15, 0.2) is 0 Å². The summed E-state index contributed by atoms with van der Waals surface area (Å²) < 4.78 is 61.2. The van der Waals surface area contributed by atoms with Gasteiger partial charge in [-0.2, -0.15) is 0 Å². The highest BCUT2D eigenvalue weighted by atomic mass is 32.2. The molecule has 6 nitrogen and oxygen atoms in total. The Morgan fingerprint density at radius 3 is 2.06 bits per heavy atom. The van der Waals surface area contributed by atoms with Gasteiger partial charge in [0.25, 0.3) is 0 Å². The lowest BCUT2D eigenvalue weighted by Gasteiger charge is -2.29. The van der Waals surface area contributed by atoms with Crippen LogP contribution in [0.15, 0.2) is 82.1 Å². The fourth-order valence-corrected chi connectivity index (χ4v) is 5.56. The Morgan fingerprint density at radius 1 is 1.00 bits per heavy atom. The predicted octanol–water partition coefficient (Wildman–Crippen LogP) is 4.84. The van der Waals surface area contributed by atoms with Gasteiger partial charge >= 0.3 is 6.36 Å². The normalized spacial score (nSPS) is 15.9. The van der Waals surface area contributed by atoms with Crippen LogP contribution in [0.2, 0.25) is 0 Å². The molecule has 2 atom stereocenters. The number of aliphatic hydroxyl groups is 1. The average molecular weight is 506 g/mol. The Morgan fingerprint density at radius 2 is 1.54 bits per heavy atom. The molecule has 0 fully saturated rings. The minimum Gasteiger partial charge on any atom is -0.406 e. The fourth-order valence-electron chi connectivity index (χ4n) is 4.13. The van der Waals surface area contributed by atoms with Gasteiger partial charge in [0, 0.05) is 25.0 Å².